The summed E-state index contributed by atoms with van der Waals surface area (Å²) in [7, 11) is -3.08. The van der Waals surface area contributed by atoms with Crippen LogP contribution in [0.25, 0.3) is 0 Å². The fourth-order valence-electron chi connectivity index (χ4n) is 1.55. The van der Waals surface area contributed by atoms with Gasteiger partial charge in [0.15, 0.2) is 0 Å². The Morgan fingerprint density at radius 2 is 2.00 bits per heavy atom. The summed E-state index contributed by atoms with van der Waals surface area (Å²) in [6, 6.07) is 4.78. The average molecular weight is 306 g/mol. The maximum absolute atomic E-state index is 12.7. The fourth-order valence-corrected chi connectivity index (χ4v) is 2.22. The molecule has 1 N–H and O–H groups in total. The molecule has 0 spiro atoms. The molecule has 1 aromatic rings. The predicted octanol–water partition coefficient (Wildman–Crippen LogP) is 2.42. The third-order valence-corrected chi connectivity index (χ3v) is 3.50. The lowest BCUT2D eigenvalue weighted by Crippen LogP contribution is -2.12. The van der Waals surface area contributed by atoms with E-state index in [2.05, 4.69) is 5.32 Å². The van der Waals surface area contributed by atoms with Crippen molar-refractivity contribution >= 4 is 15.5 Å². The van der Waals surface area contributed by atoms with Crippen molar-refractivity contribution in [3.63, 3.8) is 0 Å². The van der Waals surface area contributed by atoms with Gasteiger partial charge >= 0.3 is 6.18 Å². The summed E-state index contributed by atoms with van der Waals surface area (Å²) in [5, 5.41) is 11.3. The maximum atomic E-state index is 12.7. The third-order valence-electron chi connectivity index (χ3n) is 2.47. The predicted molar refractivity (Wildman–Crippen MR) is 69.0 cm³/mol. The Kier molecular flexibility index (Phi) is 5.00. The number of sulfone groups is 1. The average Bonchev–Trinajstić information content (AvgIpc) is 2.32. The van der Waals surface area contributed by atoms with Crippen LogP contribution in [0.15, 0.2) is 18.2 Å². The number of rotatable bonds is 5. The highest BCUT2D eigenvalue weighted by atomic mass is 32.2. The molecule has 0 aromatic heterocycles. The van der Waals surface area contributed by atoms with Crippen LogP contribution in [0.4, 0.5) is 18.9 Å². The number of nitrogens with one attached hydrogen (secondary N) is 1. The lowest BCUT2D eigenvalue weighted by molar-refractivity contribution is -0.137. The Hall–Kier alpha value is -1.75. The van der Waals surface area contributed by atoms with E-state index in [-0.39, 0.29) is 18.0 Å². The van der Waals surface area contributed by atoms with Gasteiger partial charge in [0.25, 0.3) is 0 Å². The van der Waals surface area contributed by atoms with Crippen LogP contribution in [0.3, 0.4) is 0 Å². The van der Waals surface area contributed by atoms with Gasteiger partial charge in [-0.05, 0) is 24.6 Å². The first-order chi connectivity index (χ1) is 9.13. The van der Waals surface area contributed by atoms with E-state index < -0.39 is 27.1 Å². The minimum absolute atomic E-state index is 0.0393. The molecule has 20 heavy (non-hydrogen) atoms. The quantitative estimate of drug-likeness (QED) is 0.848. The molecule has 1 aromatic carbocycles. The molecule has 0 aliphatic carbocycles. The van der Waals surface area contributed by atoms with Crippen LogP contribution in [0.5, 0.6) is 0 Å². The largest absolute Gasteiger partial charge is 0.417 e. The first-order valence-electron chi connectivity index (χ1n) is 5.66. The molecule has 0 fully saturated rings. The molecule has 0 heterocycles. The minimum atomic E-state index is -4.60. The second-order valence-corrected chi connectivity index (χ2v) is 6.54. The van der Waals surface area contributed by atoms with Crippen LogP contribution in [-0.2, 0) is 16.0 Å². The van der Waals surface area contributed by atoms with Crippen molar-refractivity contribution in [1.29, 1.82) is 5.26 Å². The number of hydrogen-bond acceptors (Lipinski definition) is 4. The molecular weight excluding hydrogens is 293 g/mol. The summed E-state index contributed by atoms with van der Waals surface area (Å²) < 4.78 is 59.9. The highest BCUT2D eigenvalue weighted by Crippen LogP contribution is 2.33. The zero-order valence-corrected chi connectivity index (χ0v) is 11.5. The van der Waals surface area contributed by atoms with Gasteiger partial charge in [-0.1, -0.05) is 0 Å². The van der Waals surface area contributed by atoms with Gasteiger partial charge in [0.2, 0.25) is 0 Å². The number of nitrogens with zero attached hydrogens (tertiary/aromatic N) is 1. The number of nitriles is 1. The summed E-state index contributed by atoms with van der Waals surface area (Å²) in [4.78, 5) is 0. The lowest BCUT2D eigenvalue weighted by atomic mass is 10.1. The Morgan fingerprint density at radius 1 is 1.35 bits per heavy atom. The third kappa shape index (κ3) is 5.09. The molecule has 1 rings (SSSR count). The van der Waals surface area contributed by atoms with Gasteiger partial charge in [-0.2, -0.15) is 18.4 Å². The van der Waals surface area contributed by atoms with Crippen LogP contribution >= 0.6 is 0 Å². The van der Waals surface area contributed by atoms with E-state index in [4.69, 9.17) is 5.26 Å². The van der Waals surface area contributed by atoms with Gasteiger partial charge in [-0.15, -0.1) is 0 Å². The standard InChI is InChI=1S/C12H13F3N2O2S/c1-20(18,19)6-2-5-17-10-4-3-9(8-16)11(7-10)12(13,14)15/h3-4,7,17H,2,5-6H2,1H3. The van der Waals surface area contributed by atoms with Crippen LogP contribution in [-0.4, -0.2) is 27.0 Å². The Labute approximate surface area is 115 Å². The second kappa shape index (κ2) is 6.13. The van der Waals surface area contributed by atoms with Gasteiger partial charge < -0.3 is 5.32 Å². The maximum Gasteiger partial charge on any atom is 0.417 e. The lowest BCUT2D eigenvalue weighted by Gasteiger charge is -2.12. The van der Waals surface area contributed by atoms with Crippen molar-refractivity contribution in [2.24, 2.45) is 0 Å². The summed E-state index contributed by atoms with van der Waals surface area (Å²) >= 11 is 0. The molecule has 0 atom stereocenters. The van der Waals surface area contributed by atoms with Crippen molar-refractivity contribution in [2.45, 2.75) is 12.6 Å². The smallest absolute Gasteiger partial charge is 0.385 e. The number of alkyl halides is 3. The van der Waals surface area contributed by atoms with Crippen molar-refractivity contribution in [1.82, 2.24) is 0 Å². The topological polar surface area (TPSA) is 70.0 Å². The van der Waals surface area contributed by atoms with Gasteiger partial charge in [0, 0.05) is 18.5 Å². The van der Waals surface area contributed by atoms with Crippen LogP contribution in [0, 0.1) is 11.3 Å². The van der Waals surface area contributed by atoms with Gasteiger partial charge in [0.05, 0.1) is 22.9 Å². The Bertz CT molecular complexity index is 619. The van der Waals surface area contributed by atoms with E-state index in [1.165, 1.54) is 12.1 Å². The fraction of sp³-hybridized carbons (Fsp3) is 0.417. The molecule has 0 aliphatic rings. The number of halogens is 3. The summed E-state index contributed by atoms with van der Waals surface area (Å²) in [5.41, 5.74) is -1.25. The van der Waals surface area contributed by atoms with E-state index in [1.54, 1.807) is 0 Å². The van der Waals surface area contributed by atoms with E-state index in [0.717, 1.165) is 18.4 Å². The first kappa shape index (κ1) is 16.3. The molecule has 0 aliphatic heterocycles. The van der Waals surface area contributed by atoms with Gasteiger partial charge in [-0.25, -0.2) is 8.42 Å². The summed E-state index contributed by atoms with van der Waals surface area (Å²) in [5.74, 6) is -0.0393. The molecule has 0 bridgehead atoms. The molecule has 4 nitrogen and oxygen atoms in total. The molecule has 8 heteroatoms. The van der Waals surface area contributed by atoms with E-state index in [1.807, 2.05) is 0 Å². The normalized spacial score (nSPS) is 11.9. The van der Waals surface area contributed by atoms with E-state index >= 15 is 0 Å². The SMILES string of the molecule is CS(=O)(=O)CCCNc1ccc(C#N)c(C(F)(F)F)c1. The molecule has 0 amide bonds. The number of hydrogen-bond donors (Lipinski definition) is 1. The van der Waals surface area contributed by atoms with Crippen molar-refractivity contribution < 1.29 is 21.6 Å². The van der Waals surface area contributed by atoms with Gasteiger partial charge in [0.1, 0.15) is 9.84 Å². The monoisotopic (exact) mass is 306 g/mol. The van der Waals surface area contributed by atoms with Crippen molar-refractivity contribution in [3.8, 4) is 6.07 Å². The van der Waals surface area contributed by atoms with Crippen molar-refractivity contribution in [2.75, 3.05) is 23.9 Å². The molecular formula is C12H13F3N2O2S. The van der Waals surface area contributed by atoms with Gasteiger partial charge in [-0.3, -0.25) is 0 Å². The molecule has 0 unspecified atom stereocenters. The second-order valence-electron chi connectivity index (χ2n) is 4.28. The summed E-state index contributed by atoms with van der Waals surface area (Å²) in [6.07, 6.45) is -3.22. The van der Waals surface area contributed by atoms with Crippen LogP contribution < -0.4 is 5.32 Å². The number of benzene rings is 1. The number of anilines is 1. The Balaban J connectivity index is 2.76. The summed E-state index contributed by atoms with van der Waals surface area (Å²) in [6.45, 7) is 0.232. The van der Waals surface area contributed by atoms with Crippen LogP contribution in [0.1, 0.15) is 17.5 Å². The highest BCUT2D eigenvalue weighted by molar-refractivity contribution is 7.90. The molecule has 0 saturated carbocycles. The highest BCUT2D eigenvalue weighted by Gasteiger charge is 2.33. The van der Waals surface area contributed by atoms with E-state index in [0.29, 0.717) is 6.42 Å². The molecule has 0 radical (unpaired) electrons. The van der Waals surface area contributed by atoms with Crippen molar-refractivity contribution in [3.05, 3.63) is 29.3 Å². The first-order valence-corrected chi connectivity index (χ1v) is 7.72. The van der Waals surface area contributed by atoms with Crippen LogP contribution in [0.2, 0.25) is 0 Å². The molecule has 0 saturated heterocycles. The minimum Gasteiger partial charge on any atom is -0.385 e. The molecule has 110 valence electrons. The zero-order chi connectivity index (χ0) is 15.4. The van der Waals surface area contributed by atoms with E-state index in [9.17, 15) is 21.6 Å². The zero-order valence-electron chi connectivity index (χ0n) is 10.7. The Morgan fingerprint density at radius 3 is 2.50 bits per heavy atom.